The molecule has 3 rings (SSSR count). The molecule has 0 fully saturated rings. The van der Waals surface area contributed by atoms with E-state index in [2.05, 4.69) is 15.0 Å². The number of nitrogens with one attached hydrogen (secondary N) is 2. The van der Waals surface area contributed by atoms with Gasteiger partial charge in [0.2, 0.25) is 5.91 Å². The highest BCUT2D eigenvalue weighted by Crippen LogP contribution is 2.12. The standard InChI is InChI=1S/C17H15N3O4/c1-24-16(22)11-6-8-12(9-7-11)18-15(21)10-20-14-5-3-2-4-13(14)19-17(20)23/h2-9H,10H2,1H3,(H,18,21)(H,19,23). The number of aromatic amines is 1. The van der Waals surface area contributed by atoms with E-state index in [-0.39, 0.29) is 18.1 Å². The van der Waals surface area contributed by atoms with Crippen LogP contribution in [0.5, 0.6) is 0 Å². The number of ether oxygens (including phenoxy) is 1. The summed E-state index contributed by atoms with van der Waals surface area (Å²) in [6, 6.07) is 13.5. The molecule has 3 aromatic rings. The Kier molecular flexibility index (Phi) is 4.15. The number of carbonyl (C=O) groups excluding carboxylic acids is 2. The topological polar surface area (TPSA) is 93.2 Å². The van der Waals surface area contributed by atoms with Crippen molar-refractivity contribution < 1.29 is 14.3 Å². The molecule has 0 bridgehead atoms. The zero-order chi connectivity index (χ0) is 17.1. The number of methoxy groups -OCH3 is 1. The molecular formula is C17H15N3O4. The first-order valence-corrected chi connectivity index (χ1v) is 7.24. The number of benzene rings is 2. The lowest BCUT2D eigenvalue weighted by Crippen LogP contribution is -2.25. The van der Waals surface area contributed by atoms with E-state index in [0.717, 1.165) is 0 Å². The van der Waals surface area contributed by atoms with Crippen molar-refractivity contribution >= 4 is 28.6 Å². The van der Waals surface area contributed by atoms with Gasteiger partial charge >= 0.3 is 11.7 Å². The molecule has 0 aliphatic carbocycles. The summed E-state index contributed by atoms with van der Waals surface area (Å²) in [7, 11) is 1.30. The molecule has 0 saturated carbocycles. The number of fused-ring (bicyclic) bond motifs is 1. The molecule has 2 N–H and O–H groups in total. The van der Waals surface area contributed by atoms with Crippen molar-refractivity contribution in [2.75, 3.05) is 12.4 Å². The van der Waals surface area contributed by atoms with E-state index in [1.54, 1.807) is 42.5 Å². The fourth-order valence-corrected chi connectivity index (χ4v) is 2.42. The molecule has 0 radical (unpaired) electrons. The average Bonchev–Trinajstić information content (AvgIpc) is 2.90. The smallest absolute Gasteiger partial charge is 0.337 e. The largest absolute Gasteiger partial charge is 0.465 e. The summed E-state index contributed by atoms with van der Waals surface area (Å²) in [5.41, 5.74) is 1.92. The molecule has 1 heterocycles. The molecule has 0 unspecified atom stereocenters. The molecule has 24 heavy (non-hydrogen) atoms. The third-order valence-corrected chi connectivity index (χ3v) is 3.57. The number of imidazole rings is 1. The van der Waals surface area contributed by atoms with Crippen molar-refractivity contribution in [1.82, 2.24) is 9.55 Å². The number of anilines is 1. The number of hydrogen-bond donors (Lipinski definition) is 2. The average molecular weight is 325 g/mol. The van der Waals surface area contributed by atoms with Crippen LogP contribution in [0.2, 0.25) is 0 Å². The second-order valence-corrected chi connectivity index (χ2v) is 5.15. The Hall–Kier alpha value is -3.35. The summed E-state index contributed by atoms with van der Waals surface area (Å²) in [4.78, 5) is 38.2. The van der Waals surface area contributed by atoms with Gasteiger partial charge in [0.25, 0.3) is 0 Å². The van der Waals surface area contributed by atoms with Crippen LogP contribution in [0, 0.1) is 0 Å². The van der Waals surface area contributed by atoms with Crippen LogP contribution in [0.3, 0.4) is 0 Å². The van der Waals surface area contributed by atoms with Crippen molar-refractivity contribution in [3.63, 3.8) is 0 Å². The van der Waals surface area contributed by atoms with Gasteiger partial charge in [0.1, 0.15) is 6.54 Å². The maximum absolute atomic E-state index is 12.2. The first-order valence-electron chi connectivity index (χ1n) is 7.24. The van der Waals surface area contributed by atoms with Crippen molar-refractivity contribution in [2.45, 2.75) is 6.54 Å². The third kappa shape index (κ3) is 3.05. The van der Waals surface area contributed by atoms with Crippen LogP contribution in [0.1, 0.15) is 10.4 Å². The fraction of sp³-hybridized carbons (Fsp3) is 0.118. The molecule has 0 saturated heterocycles. The number of rotatable bonds is 4. The van der Waals surface area contributed by atoms with Crippen LogP contribution in [0.15, 0.2) is 53.3 Å². The molecule has 7 nitrogen and oxygen atoms in total. The van der Waals surface area contributed by atoms with Crippen LogP contribution >= 0.6 is 0 Å². The molecule has 0 aliphatic rings. The fourth-order valence-electron chi connectivity index (χ4n) is 2.42. The third-order valence-electron chi connectivity index (χ3n) is 3.57. The molecule has 1 aromatic heterocycles. The van der Waals surface area contributed by atoms with E-state index in [9.17, 15) is 14.4 Å². The quantitative estimate of drug-likeness (QED) is 0.715. The number of hydrogen-bond acceptors (Lipinski definition) is 4. The molecule has 1 amide bonds. The Morgan fingerprint density at radius 3 is 2.54 bits per heavy atom. The summed E-state index contributed by atoms with van der Waals surface area (Å²) in [5, 5.41) is 2.69. The van der Waals surface area contributed by atoms with Gasteiger partial charge in [0, 0.05) is 5.69 Å². The number of aromatic nitrogens is 2. The predicted octanol–water partition coefficient (Wildman–Crippen LogP) is 1.75. The minimum absolute atomic E-state index is 0.110. The van der Waals surface area contributed by atoms with Crippen molar-refractivity contribution in [3.05, 3.63) is 64.6 Å². The number of nitrogens with zero attached hydrogens (tertiary/aromatic N) is 1. The van der Waals surface area contributed by atoms with E-state index in [1.165, 1.54) is 11.7 Å². The van der Waals surface area contributed by atoms with Gasteiger partial charge in [-0.25, -0.2) is 9.59 Å². The van der Waals surface area contributed by atoms with Gasteiger partial charge in [-0.2, -0.15) is 0 Å². The monoisotopic (exact) mass is 325 g/mol. The Morgan fingerprint density at radius 1 is 1.12 bits per heavy atom. The van der Waals surface area contributed by atoms with Gasteiger partial charge in [-0.15, -0.1) is 0 Å². The summed E-state index contributed by atoms with van der Waals surface area (Å²) >= 11 is 0. The lowest BCUT2D eigenvalue weighted by molar-refractivity contribution is -0.116. The van der Waals surface area contributed by atoms with Gasteiger partial charge in [0.05, 0.1) is 23.7 Å². The van der Waals surface area contributed by atoms with E-state index in [1.807, 2.05) is 6.07 Å². The summed E-state index contributed by atoms with van der Waals surface area (Å²) in [6.45, 7) is -0.110. The zero-order valence-corrected chi connectivity index (χ0v) is 12.9. The summed E-state index contributed by atoms with van der Waals surface area (Å²) in [6.07, 6.45) is 0. The predicted molar refractivity (Wildman–Crippen MR) is 89.0 cm³/mol. The molecule has 0 aliphatic heterocycles. The minimum Gasteiger partial charge on any atom is -0.465 e. The molecular weight excluding hydrogens is 310 g/mol. The van der Waals surface area contributed by atoms with Crippen LogP contribution in [0.25, 0.3) is 11.0 Å². The highest BCUT2D eigenvalue weighted by molar-refractivity contribution is 5.93. The molecule has 7 heteroatoms. The van der Waals surface area contributed by atoms with Crippen LogP contribution in [-0.4, -0.2) is 28.5 Å². The SMILES string of the molecule is COC(=O)c1ccc(NC(=O)Cn2c(=O)[nH]c3ccccc32)cc1. The van der Waals surface area contributed by atoms with Crippen molar-refractivity contribution in [1.29, 1.82) is 0 Å². The first kappa shape index (κ1) is 15.5. The number of esters is 1. The van der Waals surface area contributed by atoms with Crippen LogP contribution < -0.4 is 11.0 Å². The number of carbonyl (C=O) groups is 2. The number of amides is 1. The van der Waals surface area contributed by atoms with Gasteiger partial charge in [-0.05, 0) is 36.4 Å². The minimum atomic E-state index is -0.446. The number of H-pyrrole nitrogens is 1. The Bertz CT molecular complexity index is 954. The molecule has 0 spiro atoms. The Labute approximate surface area is 136 Å². The Balaban J connectivity index is 1.74. The van der Waals surface area contributed by atoms with Crippen LogP contribution in [-0.2, 0) is 16.1 Å². The summed E-state index contributed by atoms with van der Waals surface area (Å²) in [5.74, 6) is -0.786. The van der Waals surface area contributed by atoms with E-state index in [0.29, 0.717) is 22.3 Å². The molecule has 2 aromatic carbocycles. The Morgan fingerprint density at radius 2 is 1.83 bits per heavy atom. The normalized spacial score (nSPS) is 10.5. The highest BCUT2D eigenvalue weighted by atomic mass is 16.5. The summed E-state index contributed by atoms with van der Waals surface area (Å²) < 4.78 is 5.98. The number of para-hydroxylation sites is 2. The van der Waals surface area contributed by atoms with E-state index in [4.69, 9.17) is 0 Å². The van der Waals surface area contributed by atoms with Gasteiger partial charge in [0.15, 0.2) is 0 Å². The van der Waals surface area contributed by atoms with Gasteiger partial charge in [-0.1, -0.05) is 12.1 Å². The van der Waals surface area contributed by atoms with Crippen LogP contribution in [0.4, 0.5) is 5.69 Å². The lowest BCUT2D eigenvalue weighted by Gasteiger charge is -2.07. The molecule has 0 atom stereocenters. The maximum Gasteiger partial charge on any atom is 0.337 e. The van der Waals surface area contributed by atoms with E-state index >= 15 is 0 Å². The maximum atomic E-state index is 12.2. The lowest BCUT2D eigenvalue weighted by atomic mass is 10.2. The van der Waals surface area contributed by atoms with E-state index < -0.39 is 5.97 Å². The molecule has 122 valence electrons. The second kappa shape index (κ2) is 6.41. The van der Waals surface area contributed by atoms with Gasteiger partial charge < -0.3 is 15.0 Å². The van der Waals surface area contributed by atoms with Crippen molar-refractivity contribution in [3.8, 4) is 0 Å². The first-order chi connectivity index (χ1) is 11.6. The van der Waals surface area contributed by atoms with Gasteiger partial charge in [-0.3, -0.25) is 9.36 Å². The zero-order valence-electron chi connectivity index (χ0n) is 12.9. The second-order valence-electron chi connectivity index (χ2n) is 5.15. The highest BCUT2D eigenvalue weighted by Gasteiger charge is 2.11. The van der Waals surface area contributed by atoms with Crippen molar-refractivity contribution in [2.24, 2.45) is 0 Å².